The number of alkyl halides is 6. The van der Waals surface area contributed by atoms with E-state index in [1.165, 1.54) is 6.92 Å². The van der Waals surface area contributed by atoms with Gasteiger partial charge in [-0.25, -0.2) is 9.50 Å². The standard InChI is InChI=1S/C9H4ClF6N3/c1-3-2-4(8(11,12)13)5(10)19-6(3)17-7(18-19)9(14,15)16/h2H,1H3. The van der Waals surface area contributed by atoms with Gasteiger partial charge < -0.3 is 0 Å². The maximum absolute atomic E-state index is 12.6. The van der Waals surface area contributed by atoms with Gasteiger partial charge in [0.2, 0.25) is 0 Å². The zero-order chi connectivity index (χ0) is 14.6. The number of aryl methyl sites for hydroxylation is 1. The van der Waals surface area contributed by atoms with E-state index in [2.05, 4.69) is 10.1 Å². The first-order chi connectivity index (χ1) is 8.51. The highest BCUT2D eigenvalue weighted by atomic mass is 35.5. The van der Waals surface area contributed by atoms with Crippen molar-refractivity contribution in [1.29, 1.82) is 0 Å². The molecule has 0 radical (unpaired) electrons. The highest BCUT2D eigenvalue weighted by Gasteiger charge is 2.39. The van der Waals surface area contributed by atoms with Crippen LogP contribution in [0.3, 0.4) is 0 Å². The molecule has 2 rings (SSSR count). The van der Waals surface area contributed by atoms with Gasteiger partial charge in [0.15, 0.2) is 5.65 Å². The van der Waals surface area contributed by atoms with E-state index in [-0.39, 0.29) is 11.2 Å². The summed E-state index contributed by atoms with van der Waals surface area (Å²) in [5.74, 6) is -1.54. The van der Waals surface area contributed by atoms with Crippen molar-refractivity contribution >= 4 is 17.2 Å². The van der Waals surface area contributed by atoms with Gasteiger partial charge in [-0.2, -0.15) is 26.3 Å². The molecule has 0 atom stereocenters. The molecule has 19 heavy (non-hydrogen) atoms. The highest BCUT2D eigenvalue weighted by molar-refractivity contribution is 6.30. The second kappa shape index (κ2) is 3.99. The summed E-state index contributed by atoms with van der Waals surface area (Å²) in [4.78, 5) is 3.14. The number of rotatable bonds is 0. The van der Waals surface area contributed by atoms with Crippen molar-refractivity contribution in [2.75, 3.05) is 0 Å². The van der Waals surface area contributed by atoms with Gasteiger partial charge >= 0.3 is 12.4 Å². The van der Waals surface area contributed by atoms with Gasteiger partial charge in [-0.3, -0.25) is 0 Å². The summed E-state index contributed by atoms with van der Waals surface area (Å²) in [6.45, 7) is 1.19. The maximum atomic E-state index is 12.6. The van der Waals surface area contributed by atoms with Crippen molar-refractivity contribution in [2.45, 2.75) is 19.3 Å². The quantitative estimate of drug-likeness (QED) is 0.548. The summed E-state index contributed by atoms with van der Waals surface area (Å²) in [6, 6.07) is 0.631. The zero-order valence-corrected chi connectivity index (χ0v) is 9.82. The Balaban J connectivity index is 2.79. The third-order valence-electron chi connectivity index (χ3n) is 2.29. The van der Waals surface area contributed by atoms with E-state index >= 15 is 0 Å². The maximum Gasteiger partial charge on any atom is 0.453 e. The van der Waals surface area contributed by atoms with Gasteiger partial charge in [0.25, 0.3) is 5.82 Å². The van der Waals surface area contributed by atoms with Crippen molar-refractivity contribution in [3.63, 3.8) is 0 Å². The Hall–Kier alpha value is -1.51. The molecule has 0 unspecified atom stereocenters. The molecule has 0 bridgehead atoms. The van der Waals surface area contributed by atoms with Crippen LogP contribution in [0.2, 0.25) is 5.15 Å². The Bertz CT molecular complexity index is 642. The molecule has 2 aromatic rings. The number of aromatic nitrogens is 3. The fourth-order valence-electron chi connectivity index (χ4n) is 1.48. The lowest BCUT2D eigenvalue weighted by atomic mass is 10.2. The van der Waals surface area contributed by atoms with Crippen LogP contribution >= 0.6 is 11.6 Å². The fourth-order valence-corrected chi connectivity index (χ4v) is 1.76. The minimum Gasteiger partial charge on any atom is -0.203 e. The molecule has 0 spiro atoms. The van der Waals surface area contributed by atoms with Gasteiger partial charge in [-0.05, 0) is 18.6 Å². The van der Waals surface area contributed by atoms with Crippen LogP contribution in [0.15, 0.2) is 6.07 Å². The molecule has 104 valence electrons. The molecule has 0 aliphatic heterocycles. The summed E-state index contributed by atoms with van der Waals surface area (Å²) < 4.78 is 75.5. The zero-order valence-electron chi connectivity index (χ0n) is 9.06. The van der Waals surface area contributed by atoms with E-state index in [0.717, 1.165) is 0 Å². The molecule has 0 N–H and O–H groups in total. The van der Waals surface area contributed by atoms with E-state index < -0.39 is 28.9 Å². The molecular weight excluding hydrogens is 300 g/mol. The summed E-state index contributed by atoms with van der Waals surface area (Å²) in [5.41, 5.74) is -1.75. The van der Waals surface area contributed by atoms with Gasteiger partial charge in [-0.1, -0.05) is 11.6 Å². The van der Waals surface area contributed by atoms with Crippen LogP contribution in [-0.2, 0) is 12.4 Å². The van der Waals surface area contributed by atoms with Crippen molar-refractivity contribution in [3.8, 4) is 0 Å². The van der Waals surface area contributed by atoms with E-state index in [9.17, 15) is 26.3 Å². The molecule has 0 fully saturated rings. The largest absolute Gasteiger partial charge is 0.453 e. The third-order valence-corrected chi connectivity index (χ3v) is 2.65. The third kappa shape index (κ3) is 2.34. The summed E-state index contributed by atoms with van der Waals surface area (Å²) >= 11 is 5.43. The molecule has 10 heteroatoms. The SMILES string of the molecule is Cc1cc(C(F)(F)F)c(Cl)n2nc(C(F)(F)F)nc12. The molecule has 0 aliphatic rings. The topological polar surface area (TPSA) is 30.2 Å². The first-order valence-corrected chi connectivity index (χ1v) is 5.10. The molecule has 2 aromatic heterocycles. The predicted octanol–water partition coefficient (Wildman–Crippen LogP) is 3.73. The highest BCUT2D eigenvalue weighted by Crippen LogP contribution is 2.36. The van der Waals surface area contributed by atoms with Crippen LogP contribution in [0.4, 0.5) is 26.3 Å². The number of nitrogens with zero attached hydrogens (tertiary/aromatic N) is 3. The molecule has 0 amide bonds. The Labute approximate surface area is 106 Å². The number of halogens is 7. The van der Waals surface area contributed by atoms with Gasteiger partial charge in [0.1, 0.15) is 5.15 Å². The fraction of sp³-hybridized carbons (Fsp3) is 0.333. The van der Waals surface area contributed by atoms with E-state index in [4.69, 9.17) is 11.6 Å². The Kier molecular flexibility index (Phi) is 2.92. The average molecular weight is 304 g/mol. The van der Waals surface area contributed by atoms with E-state index in [0.29, 0.717) is 10.6 Å². The summed E-state index contributed by atoms with van der Waals surface area (Å²) in [5, 5.41) is 2.01. The number of pyridine rings is 1. The van der Waals surface area contributed by atoms with Crippen LogP contribution in [0, 0.1) is 6.92 Å². The average Bonchev–Trinajstić information content (AvgIpc) is 2.66. The molecule has 0 saturated heterocycles. The molecule has 0 aliphatic carbocycles. The van der Waals surface area contributed by atoms with Crippen molar-refractivity contribution in [2.24, 2.45) is 0 Å². The second-order valence-corrected chi connectivity index (χ2v) is 4.06. The van der Waals surface area contributed by atoms with Crippen LogP contribution in [0.5, 0.6) is 0 Å². The van der Waals surface area contributed by atoms with Gasteiger partial charge in [0, 0.05) is 0 Å². The minimum atomic E-state index is -4.86. The predicted molar refractivity (Wildman–Crippen MR) is 52.7 cm³/mol. The Morgan fingerprint density at radius 2 is 1.68 bits per heavy atom. The number of hydrogen-bond donors (Lipinski definition) is 0. The Morgan fingerprint density at radius 1 is 1.11 bits per heavy atom. The lowest BCUT2D eigenvalue weighted by Crippen LogP contribution is -2.10. The molecular formula is C9H4ClF6N3. The monoisotopic (exact) mass is 303 g/mol. The summed E-state index contributed by atoms with van der Waals surface area (Å²) in [6.07, 6.45) is -9.65. The number of hydrogen-bond acceptors (Lipinski definition) is 2. The van der Waals surface area contributed by atoms with E-state index in [1.807, 2.05) is 0 Å². The van der Waals surface area contributed by atoms with Crippen LogP contribution < -0.4 is 0 Å². The smallest absolute Gasteiger partial charge is 0.203 e. The first-order valence-electron chi connectivity index (χ1n) is 4.72. The first kappa shape index (κ1) is 13.9. The number of fused-ring (bicyclic) bond motifs is 1. The lowest BCUT2D eigenvalue weighted by Gasteiger charge is -2.10. The van der Waals surface area contributed by atoms with Crippen molar-refractivity contribution in [3.05, 3.63) is 28.2 Å². The van der Waals surface area contributed by atoms with Crippen molar-refractivity contribution < 1.29 is 26.3 Å². The van der Waals surface area contributed by atoms with Crippen LogP contribution in [-0.4, -0.2) is 14.6 Å². The van der Waals surface area contributed by atoms with Gasteiger partial charge in [0.05, 0.1) is 5.56 Å². The van der Waals surface area contributed by atoms with Crippen molar-refractivity contribution in [1.82, 2.24) is 14.6 Å². The Morgan fingerprint density at radius 3 is 2.16 bits per heavy atom. The van der Waals surface area contributed by atoms with Gasteiger partial charge in [-0.15, -0.1) is 5.10 Å². The van der Waals surface area contributed by atoms with Crippen LogP contribution in [0.25, 0.3) is 5.65 Å². The molecule has 0 aromatic carbocycles. The van der Waals surface area contributed by atoms with E-state index in [1.54, 1.807) is 0 Å². The minimum absolute atomic E-state index is 0.111. The summed E-state index contributed by atoms with van der Waals surface area (Å²) in [7, 11) is 0. The van der Waals surface area contributed by atoms with Crippen LogP contribution in [0.1, 0.15) is 17.0 Å². The normalized spacial score (nSPS) is 13.3. The molecule has 3 nitrogen and oxygen atoms in total. The molecule has 0 saturated carbocycles. The molecule has 2 heterocycles. The lowest BCUT2D eigenvalue weighted by molar-refractivity contribution is -0.144. The second-order valence-electron chi connectivity index (χ2n) is 3.70.